The lowest BCUT2D eigenvalue weighted by Crippen LogP contribution is -2.33. The van der Waals surface area contributed by atoms with Gasteiger partial charge in [0.1, 0.15) is 0 Å². The van der Waals surface area contributed by atoms with Crippen molar-refractivity contribution in [3.8, 4) is 0 Å². The van der Waals surface area contributed by atoms with E-state index in [0.717, 1.165) is 131 Å². The lowest BCUT2D eigenvalue weighted by atomic mass is 10.1. The van der Waals surface area contributed by atoms with Crippen LogP contribution in [-0.2, 0) is 69.9 Å². The summed E-state index contributed by atoms with van der Waals surface area (Å²) < 4.78 is 70.6. The van der Waals surface area contributed by atoms with Crippen LogP contribution < -0.4 is 0 Å². The van der Waals surface area contributed by atoms with Crippen LogP contribution in [0.4, 0.5) is 0 Å². The molecular weight excluding hydrogens is 1110 g/mol. The molecule has 88 heavy (non-hydrogen) atoms. The number of unbranched alkanes of at least 4 members (excludes halogenated alkanes) is 22. The van der Waals surface area contributed by atoms with Crippen LogP contribution in [0.1, 0.15) is 165 Å². The Morgan fingerprint density at radius 2 is 0.420 bits per heavy atom. The summed E-state index contributed by atoms with van der Waals surface area (Å²) in [4.78, 5) is 9.80. The third-order valence-electron chi connectivity index (χ3n) is 16.5. The second kappa shape index (κ2) is 62.3. The first kappa shape index (κ1) is 78.2. The normalized spacial score (nSPS) is 18.0. The average Bonchev–Trinajstić information content (AvgIpc) is 3.66. The zero-order valence-electron chi connectivity index (χ0n) is 55.9. The predicted molar refractivity (Wildman–Crippen MR) is 357 cm³/mol. The fourth-order valence-corrected chi connectivity index (χ4v) is 11.1. The van der Waals surface area contributed by atoms with E-state index < -0.39 is 0 Å². The summed E-state index contributed by atoms with van der Waals surface area (Å²) in [5, 5.41) is 0. The van der Waals surface area contributed by atoms with Crippen LogP contribution in [-0.4, -0.2) is 244 Å². The summed E-state index contributed by atoms with van der Waals surface area (Å²) in [6.07, 6.45) is 31.5. The molecule has 16 heteroatoms. The van der Waals surface area contributed by atoms with Gasteiger partial charge in [0.15, 0.2) is 0 Å². The maximum Gasteiger partial charge on any atom is 0.0701 e. The Hall–Kier alpha value is -2.20. The average molecular weight is 1240 g/mol. The number of nitrogens with zero attached hydrogens (tertiary/aromatic N) is 4. The second-order valence-corrected chi connectivity index (χ2v) is 24.0. The van der Waals surface area contributed by atoms with Crippen LogP contribution in [0, 0.1) is 0 Å². The van der Waals surface area contributed by atoms with Gasteiger partial charge >= 0.3 is 0 Å². The van der Waals surface area contributed by atoms with E-state index in [1.165, 1.54) is 152 Å². The molecule has 2 saturated heterocycles. The molecule has 0 atom stereocenters. The molecule has 0 saturated carbocycles. The van der Waals surface area contributed by atoms with E-state index in [1.54, 1.807) is 0 Å². The highest BCUT2D eigenvalue weighted by Gasteiger charge is 2.12. The van der Waals surface area contributed by atoms with Crippen LogP contribution in [0.3, 0.4) is 0 Å². The number of hydrogen-bond donors (Lipinski definition) is 0. The van der Waals surface area contributed by atoms with E-state index in [9.17, 15) is 0 Å². The van der Waals surface area contributed by atoms with Crippen LogP contribution in [0.25, 0.3) is 0 Å². The van der Waals surface area contributed by atoms with Crippen LogP contribution in [0.15, 0.2) is 60.7 Å². The van der Waals surface area contributed by atoms with Gasteiger partial charge in [0.25, 0.3) is 0 Å². The Bertz CT molecular complexity index is 1540. The van der Waals surface area contributed by atoms with Gasteiger partial charge in [-0.2, -0.15) is 0 Å². The highest BCUT2D eigenvalue weighted by Crippen LogP contribution is 2.15. The lowest BCUT2D eigenvalue weighted by molar-refractivity contribution is -0.00248. The minimum Gasteiger partial charge on any atom is -0.379 e. The van der Waals surface area contributed by atoms with Crippen molar-refractivity contribution < 1.29 is 56.8 Å². The third-order valence-corrected chi connectivity index (χ3v) is 16.5. The zero-order chi connectivity index (χ0) is 61.4. The largest absolute Gasteiger partial charge is 0.379 e. The lowest BCUT2D eigenvalue weighted by Gasteiger charge is -2.23. The van der Waals surface area contributed by atoms with Gasteiger partial charge < -0.3 is 56.8 Å². The smallest absolute Gasteiger partial charge is 0.0701 e. The highest BCUT2D eigenvalue weighted by atomic mass is 16.6. The van der Waals surface area contributed by atoms with Gasteiger partial charge in [-0.05, 0) is 49.9 Å². The third kappa shape index (κ3) is 50.4. The van der Waals surface area contributed by atoms with Crippen molar-refractivity contribution in [2.24, 2.45) is 0 Å². The summed E-state index contributed by atoms with van der Waals surface area (Å²) in [5.41, 5.74) is 2.62. The van der Waals surface area contributed by atoms with Crippen LogP contribution >= 0.6 is 0 Å². The van der Waals surface area contributed by atoms with Crippen molar-refractivity contribution in [1.82, 2.24) is 19.6 Å². The Labute approximate surface area is 537 Å². The molecule has 0 aromatic heterocycles. The number of rotatable bonds is 43. The van der Waals surface area contributed by atoms with Gasteiger partial charge in [-0.1, -0.05) is 189 Å². The molecule has 0 bridgehead atoms. The monoisotopic (exact) mass is 1240 g/mol. The molecule has 2 aliphatic rings. The van der Waals surface area contributed by atoms with E-state index in [4.69, 9.17) is 56.8 Å². The van der Waals surface area contributed by atoms with Crippen LogP contribution in [0.5, 0.6) is 0 Å². The maximum absolute atomic E-state index is 5.97. The molecule has 2 aromatic rings. The molecule has 0 spiro atoms. The summed E-state index contributed by atoms with van der Waals surface area (Å²) in [6.45, 7) is 27.6. The molecule has 2 aromatic carbocycles. The van der Waals surface area contributed by atoms with E-state index in [1.807, 2.05) is 0 Å². The SMILES string of the molecule is c1ccc(CN2CCOCCOCCN(CCCCCCCCCCCCCCOCCOCCOCCOCCCCCCCCCCCCCCN3CCOCCOCCN(Cc4ccccc4)CCOCCOCC3)CCOCCOCC2)cc1. The number of ether oxygens (including phenoxy) is 12. The van der Waals surface area contributed by atoms with Gasteiger partial charge in [0.05, 0.1) is 145 Å². The van der Waals surface area contributed by atoms with Gasteiger partial charge in [0, 0.05) is 78.7 Å². The first-order chi connectivity index (χ1) is 43.8. The van der Waals surface area contributed by atoms with Crippen molar-refractivity contribution in [2.45, 2.75) is 167 Å². The predicted octanol–water partition coefficient (Wildman–Crippen LogP) is 12.2. The molecule has 0 amide bonds. The molecule has 0 aliphatic carbocycles. The Morgan fingerprint density at radius 3 is 0.670 bits per heavy atom. The standard InChI is InChI=1S/C72H130N4O12/c1(5-9-13-17-27-35-73-37-47-79-57-61-83-51-41-75(69-71-31-23-21-24-32-71)42-52-84-62-58-80-48-38-73)3-7-11-15-19-29-45-77-55-65-87-67-68-88-66-56-78-46-30-20-16-12-8-4-2-6-10-14-18-28-36-74-39-49-81-59-63-85-53-43-76(70-72-33-25-22-26-34-72)44-54-86-64-60-82-50-40-74/h21-26,31-34H,1-20,27-30,35-70H2. The van der Waals surface area contributed by atoms with Crippen molar-refractivity contribution >= 4 is 0 Å². The molecule has 2 heterocycles. The zero-order valence-corrected chi connectivity index (χ0v) is 55.9. The first-order valence-electron chi connectivity index (χ1n) is 35.8. The molecule has 2 fully saturated rings. The molecule has 0 unspecified atom stereocenters. The Kier molecular flexibility index (Phi) is 55.4. The van der Waals surface area contributed by atoms with Gasteiger partial charge in [0.2, 0.25) is 0 Å². The molecule has 510 valence electrons. The van der Waals surface area contributed by atoms with E-state index in [-0.39, 0.29) is 0 Å². The van der Waals surface area contributed by atoms with Gasteiger partial charge in [-0.25, -0.2) is 0 Å². The minimum absolute atomic E-state index is 0.608. The molecular formula is C72H130N4O12. The molecule has 0 N–H and O–H groups in total. The number of hydrogen-bond acceptors (Lipinski definition) is 16. The fraction of sp³-hybridized carbons (Fsp3) is 0.833. The Balaban J connectivity index is 0.792. The molecule has 4 rings (SSSR count). The number of benzene rings is 2. The summed E-state index contributed by atoms with van der Waals surface area (Å²) in [5.74, 6) is 0. The topological polar surface area (TPSA) is 124 Å². The minimum atomic E-state index is 0.608. The second-order valence-electron chi connectivity index (χ2n) is 24.0. The maximum atomic E-state index is 5.97. The van der Waals surface area contributed by atoms with Gasteiger partial charge in [-0.15, -0.1) is 0 Å². The van der Waals surface area contributed by atoms with Gasteiger partial charge in [-0.3, -0.25) is 19.6 Å². The quantitative estimate of drug-likeness (QED) is 0.0585. The summed E-state index contributed by atoms with van der Waals surface area (Å²) >= 11 is 0. The highest BCUT2D eigenvalue weighted by molar-refractivity contribution is 5.15. The first-order valence-corrected chi connectivity index (χ1v) is 35.8. The Morgan fingerprint density at radius 1 is 0.216 bits per heavy atom. The van der Waals surface area contributed by atoms with E-state index >= 15 is 0 Å². The van der Waals surface area contributed by atoms with E-state index in [0.29, 0.717) is 119 Å². The molecule has 2 aliphatic heterocycles. The van der Waals surface area contributed by atoms with Crippen molar-refractivity contribution in [1.29, 1.82) is 0 Å². The van der Waals surface area contributed by atoms with Crippen molar-refractivity contribution in [2.75, 3.05) is 224 Å². The van der Waals surface area contributed by atoms with Crippen LogP contribution in [0.2, 0.25) is 0 Å². The van der Waals surface area contributed by atoms with Crippen molar-refractivity contribution in [3.63, 3.8) is 0 Å². The van der Waals surface area contributed by atoms with Crippen molar-refractivity contribution in [3.05, 3.63) is 71.8 Å². The fourth-order valence-electron chi connectivity index (χ4n) is 11.1. The molecule has 16 nitrogen and oxygen atoms in total. The van der Waals surface area contributed by atoms with E-state index in [2.05, 4.69) is 80.3 Å². The summed E-state index contributed by atoms with van der Waals surface area (Å²) in [7, 11) is 0. The summed E-state index contributed by atoms with van der Waals surface area (Å²) in [6, 6.07) is 21.2. The molecule has 0 radical (unpaired) electrons.